The maximum Gasteiger partial charge on any atom is 0.248 e. The fourth-order valence-electron chi connectivity index (χ4n) is 4.22. The average molecular weight is 368 g/mol. The summed E-state index contributed by atoms with van der Waals surface area (Å²) < 4.78 is 12.0. The zero-order valence-corrected chi connectivity index (χ0v) is 16.2. The van der Waals surface area contributed by atoms with Crippen LogP contribution in [0.2, 0.25) is 0 Å². The van der Waals surface area contributed by atoms with Crippen LogP contribution in [0.25, 0.3) is 10.8 Å². The van der Waals surface area contributed by atoms with Crippen LogP contribution in [0.15, 0.2) is 42.5 Å². The molecule has 2 aromatic rings. The lowest BCUT2D eigenvalue weighted by Crippen LogP contribution is -2.65. The number of ether oxygens (including phenoxy) is 2. The molecule has 2 heterocycles. The topological polar surface area (TPSA) is 42.0 Å². The first-order chi connectivity index (χ1) is 13.0. The third-order valence-electron chi connectivity index (χ3n) is 5.69. The number of carbonyl (C=O) groups excluding carboxylic acids is 1. The fraction of sp³-hybridized carbons (Fsp3) is 0.500. The van der Waals surface area contributed by atoms with Crippen LogP contribution in [0.5, 0.6) is 0 Å². The maximum absolute atomic E-state index is 11.8. The monoisotopic (exact) mass is 368 g/mol. The molecule has 0 saturated carbocycles. The Bertz CT molecular complexity index is 809. The molecule has 1 atom stereocenters. The standard InChI is InChI=1S/C22H28N2O3/c1-23(2)21(25)14-26-19-10-11-27-22(12-19)15-24(16-22)13-18-8-5-7-17-6-3-4-9-20(17)18/h3-9,19H,10-16H2,1-2H3/t19-/m1/s1. The summed E-state index contributed by atoms with van der Waals surface area (Å²) in [7, 11) is 3.52. The molecule has 0 aliphatic carbocycles. The maximum atomic E-state index is 11.8. The van der Waals surface area contributed by atoms with Crippen molar-refractivity contribution in [2.45, 2.75) is 31.1 Å². The van der Waals surface area contributed by atoms with Gasteiger partial charge in [-0.1, -0.05) is 42.5 Å². The number of amides is 1. The number of carbonyl (C=O) groups is 1. The van der Waals surface area contributed by atoms with Crippen LogP contribution in [0.3, 0.4) is 0 Å². The van der Waals surface area contributed by atoms with E-state index in [1.165, 1.54) is 16.3 Å². The highest BCUT2D eigenvalue weighted by atomic mass is 16.5. The molecule has 2 aliphatic heterocycles. The summed E-state index contributed by atoms with van der Waals surface area (Å²) in [4.78, 5) is 15.8. The normalized spacial score (nSPS) is 21.9. The van der Waals surface area contributed by atoms with Gasteiger partial charge in [0.05, 0.1) is 11.7 Å². The van der Waals surface area contributed by atoms with Crippen molar-refractivity contribution in [2.24, 2.45) is 0 Å². The predicted octanol–water partition coefficient (Wildman–Crippen LogP) is 2.68. The quantitative estimate of drug-likeness (QED) is 0.814. The Morgan fingerprint density at radius 1 is 1.22 bits per heavy atom. The van der Waals surface area contributed by atoms with Gasteiger partial charge in [0, 0.05) is 46.8 Å². The Labute approximate surface area is 160 Å². The van der Waals surface area contributed by atoms with Crippen LogP contribution in [-0.2, 0) is 20.8 Å². The summed E-state index contributed by atoms with van der Waals surface area (Å²) in [6.45, 7) is 3.67. The van der Waals surface area contributed by atoms with Gasteiger partial charge in [0.2, 0.25) is 5.91 Å². The third kappa shape index (κ3) is 4.00. The van der Waals surface area contributed by atoms with Gasteiger partial charge in [-0.15, -0.1) is 0 Å². The van der Waals surface area contributed by atoms with Gasteiger partial charge < -0.3 is 14.4 Å². The Morgan fingerprint density at radius 3 is 2.81 bits per heavy atom. The van der Waals surface area contributed by atoms with Crippen LogP contribution in [0.4, 0.5) is 0 Å². The molecule has 2 aromatic carbocycles. The minimum Gasteiger partial charge on any atom is -0.372 e. The van der Waals surface area contributed by atoms with Crippen molar-refractivity contribution in [1.82, 2.24) is 9.80 Å². The lowest BCUT2D eigenvalue weighted by molar-refractivity contribution is -0.199. The van der Waals surface area contributed by atoms with Gasteiger partial charge in [-0.05, 0) is 22.8 Å². The average Bonchev–Trinajstić information content (AvgIpc) is 2.65. The molecule has 0 radical (unpaired) electrons. The number of fused-ring (bicyclic) bond motifs is 1. The highest BCUT2D eigenvalue weighted by molar-refractivity contribution is 5.85. The second kappa shape index (κ2) is 7.58. The van der Waals surface area contributed by atoms with E-state index in [1.807, 2.05) is 0 Å². The van der Waals surface area contributed by atoms with Crippen LogP contribution >= 0.6 is 0 Å². The Kier molecular flexibility index (Phi) is 5.17. The van der Waals surface area contributed by atoms with E-state index in [4.69, 9.17) is 9.47 Å². The van der Waals surface area contributed by atoms with Crippen LogP contribution < -0.4 is 0 Å². The van der Waals surface area contributed by atoms with Crippen molar-refractivity contribution in [3.63, 3.8) is 0 Å². The van der Waals surface area contributed by atoms with E-state index < -0.39 is 0 Å². The molecule has 2 aliphatic rings. The van der Waals surface area contributed by atoms with Crippen molar-refractivity contribution in [3.05, 3.63) is 48.0 Å². The first kappa shape index (κ1) is 18.4. The lowest BCUT2D eigenvalue weighted by Gasteiger charge is -2.53. The van der Waals surface area contributed by atoms with Crippen LogP contribution in [0, 0.1) is 0 Å². The van der Waals surface area contributed by atoms with E-state index in [-0.39, 0.29) is 24.2 Å². The molecule has 2 saturated heterocycles. The van der Waals surface area contributed by atoms with Crippen molar-refractivity contribution < 1.29 is 14.3 Å². The molecule has 5 nitrogen and oxygen atoms in total. The molecule has 0 aromatic heterocycles. The lowest BCUT2D eigenvalue weighted by atomic mass is 9.84. The van der Waals surface area contributed by atoms with Gasteiger partial charge in [0.1, 0.15) is 6.61 Å². The Morgan fingerprint density at radius 2 is 2.00 bits per heavy atom. The van der Waals surface area contributed by atoms with Gasteiger partial charge in [0.25, 0.3) is 0 Å². The van der Waals surface area contributed by atoms with Crippen molar-refractivity contribution in [3.8, 4) is 0 Å². The molecule has 1 spiro atoms. The van der Waals surface area contributed by atoms with Crippen LogP contribution in [-0.4, -0.2) is 67.8 Å². The van der Waals surface area contributed by atoms with Gasteiger partial charge in [-0.2, -0.15) is 0 Å². The van der Waals surface area contributed by atoms with Crippen molar-refractivity contribution >= 4 is 16.7 Å². The molecular formula is C22H28N2O3. The summed E-state index contributed by atoms with van der Waals surface area (Å²) >= 11 is 0. The van der Waals surface area contributed by atoms with Crippen molar-refractivity contribution in [2.75, 3.05) is 40.4 Å². The highest BCUT2D eigenvalue weighted by Crippen LogP contribution is 2.36. The Balaban J connectivity index is 1.33. The zero-order chi connectivity index (χ0) is 18.9. The molecule has 4 rings (SSSR count). The second-order valence-corrected chi connectivity index (χ2v) is 8.03. The largest absolute Gasteiger partial charge is 0.372 e. The molecule has 144 valence electrons. The number of nitrogens with zero attached hydrogens (tertiary/aromatic N) is 2. The van der Waals surface area contributed by atoms with Gasteiger partial charge >= 0.3 is 0 Å². The van der Waals surface area contributed by atoms with Gasteiger partial charge in [0.15, 0.2) is 0 Å². The van der Waals surface area contributed by atoms with E-state index in [0.29, 0.717) is 6.61 Å². The summed E-state index contributed by atoms with van der Waals surface area (Å²) in [5.74, 6) is 0.0155. The van der Waals surface area contributed by atoms with Gasteiger partial charge in [-0.3, -0.25) is 9.69 Å². The van der Waals surface area contributed by atoms with E-state index in [0.717, 1.165) is 32.5 Å². The first-order valence-electron chi connectivity index (χ1n) is 9.69. The molecule has 27 heavy (non-hydrogen) atoms. The minimum atomic E-state index is -0.103. The molecule has 2 fully saturated rings. The molecule has 0 N–H and O–H groups in total. The molecule has 0 bridgehead atoms. The van der Waals surface area contributed by atoms with Crippen molar-refractivity contribution in [1.29, 1.82) is 0 Å². The number of benzene rings is 2. The van der Waals surface area contributed by atoms with E-state index in [2.05, 4.69) is 47.4 Å². The molecular weight excluding hydrogens is 340 g/mol. The Hall–Kier alpha value is -1.95. The molecule has 1 amide bonds. The first-order valence-corrected chi connectivity index (χ1v) is 9.69. The van der Waals surface area contributed by atoms with Crippen LogP contribution in [0.1, 0.15) is 18.4 Å². The summed E-state index contributed by atoms with van der Waals surface area (Å²) in [5.41, 5.74) is 1.26. The number of hydrogen-bond acceptors (Lipinski definition) is 4. The minimum absolute atomic E-state index is 0.0155. The number of likely N-dealkylation sites (N-methyl/N-ethyl adjacent to an activating group) is 1. The fourth-order valence-corrected chi connectivity index (χ4v) is 4.22. The number of rotatable bonds is 5. The predicted molar refractivity (Wildman–Crippen MR) is 106 cm³/mol. The molecule has 0 unspecified atom stereocenters. The summed E-state index contributed by atoms with van der Waals surface area (Å²) in [5, 5.41) is 2.62. The second-order valence-electron chi connectivity index (χ2n) is 8.03. The summed E-state index contributed by atoms with van der Waals surface area (Å²) in [6.07, 6.45) is 1.85. The smallest absolute Gasteiger partial charge is 0.248 e. The number of likely N-dealkylation sites (tertiary alicyclic amines) is 1. The zero-order valence-electron chi connectivity index (χ0n) is 16.2. The highest BCUT2D eigenvalue weighted by Gasteiger charge is 2.47. The van der Waals surface area contributed by atoms with E-state index in [9.17, 15) is 4.79 Å². The summed E-state index contributed by atoms with van der Waals surface area (Å²) in [6, 6.07) is 15.1. The van der Waals surface area contributed by atoms with E-state index in [1.54, 1.807) is 19.0 Å². The molecule has 5 heteroatoms. The number of hydrogen-bond donors (Lipinski definition) is 0. The SMILES string of the molecule is CN(C)C(=O)CO[C@@H]1CCOC2(C1)CN(Cc1cccc3ccccc13)C2. The van der Waals surface area contributed by atoms with Gasteiger partial charge in [-0.25, -0.2) is 0 Å². The van der Waals surface area contributed by atoms with E-state index >= 15 is 0 Å². The third-order valence-corrected chi connectivity index (χ3v) is 5.69.